The minimum Gasteiger partial charge on any atom is -0.421 e. The molecule has 1 fully saturated rings. The van der Waals surface area contributed by atoms with Crippen molar-refractivity contribution in [3.8, 4) is 0 Å². The molecular formula is C19H15BrN4O3. The average molecular weight is 427 g/mol. The Balaban J connectivity index is 1.35. The van der Waals surface area contributed by atoms with Gasteiger partial charge in [0.2, 0.25) is 11.6 Å². The number of rotatable bonds is 3. The number of hydrogen-bond donors (Lipinski definition) is 1. The van der Waals surface area contributed by atoms with Crippen LogP contribution < -0.4 is 5.32 Å². The van der Waals surface area contributed by atoms with Crippen molar-refractivity contribution < 1.29 is 14.0 Å². The Morgan fingerprint density at radius 3 is 2.96 bits per heavy atom. The van der Waals surface area contributed by atoms with Crippen LogP contribution >= 0.6 is 15.9 Å². The van der Waals surface area contributed by atoms with E-state index < -0.39 is 0 Å². The summed E-state index contributed by atoms with van der Waals surface area (Å²) in [6.07, 6.45) is 3.66. The second kappa shape index (κ2) is 5.88. The number of hydrogen-bond acceptors (Lipinski definition) is 5. The van der Waals surface area contributed by atoms with E-state index in [4.69, 9.17) is 4.42 Å². The Kier molecular flexibility index (Phi) is 3.58. The Morgan fingerprint density at radius 2 is 2.19 bits per heavy atom. The van der Waals surface area contributed by atoms with E-state index in [-0.39, 0.29) is 29.8 Å². The first-order chi connectivity index (χ1) is 13.0. The predicted octanol–water partition coefficient (Wildman–Crippen LogP) is 3.11. The quantitative estimate of drug-likeness (QED) is 0.694. The van der Waals surface area contributed by atoms with E-state index in [2.05, 4.69) is 31.2 Å². The zero-order valence-electron chi connectivity index (χ0n) is 14.2. The van der Waals surface area contributed by atoms with Gasteiger partial charge in [-0.2, -0.15) is 4.98 Å². The molecule has 3 aromatic rings. The van der Waals surface area contributed by atoms with Crippen molar-refractivity contribution >= 4 is 45.0 Å². The lowest BCUT2D eigenvalue weighted by molar-refractivity contribution is -0.117. The topological polar surface area (TPSA) is 88.3 Å². The number of carbonyl (C=O) groups excluding carboxylic acids is 2. The summed E-state index contributed by atoms with van der Waals surface area (Å²) in [4.78, 5) is 35.1. The second-order valence-corrected chi connectivity index (χ2v) is 7.94. The Hall–Kier alpha value is -2.74. The Labute approximate surface area is 162 Å². The fourth-order valence-corrected chi connectivity index (χ4v) is 4.06. The molecule has 2 aromatic heterocycles. The van der Waals surface area contributed by atoms with Crippen LogP contribution in [0.2, 0.25) is 0 Å². The van der Waals surface area contributed by atoms with Crippen molar-refractivity contribution in [3.05, 3.63) is 52.1 Å². The van der Waals surface area contributed by atoms with Crippen molar-refractivity contribution in [3.63, 3.8) is 0 Å². The molecule has 1 aromatic carbocycles. The van der Waals surface area contributed by atoms with Gasteiger partial charge in [0.1, 0.15) is 6.54 Å². The van der Waals surface area contributed by atoms with Gasteiger partial charge in [0.05, 0.1) is 0 Å². The lowest BCUT2D eigenvalue weighted by Crippen LogP contribution is -2.46. The minimum atomic E-state index is -0.341. The summed E-state index contributed by atoms with van der Waals surface area (Å²) in [5, 5.41) is 2.62. The third-order valence-corrected chi connectivity index (χ3v) is 5.66. The van der Waals surface area contributed by atoms with Crippen LogP contribution in [0.15, 0.2) is 45.4 Å². The summed E-state index contributed by atoms with van der Waals surface area (Å²) < 4.78 is 6.43. The first-order valence-electron chi connectivity index (χ1n) is 8.65. The number of pyridine rings is 1. The standard InChI is InChI=1S/C19H15BrN4O3/c20-11-3-4-12-13(8-11)19(5-6-19)10-24(17(12)26)9-15(25)22-18-23-16-14(27-18)2-1-7-21-16/h1-4,7-8H,5-6,9-10H2,(H,21,22,23,25). The van der Waals surface area contributed by atoms with Crippen LogP contribution in [0.5, 0.6) is 0 Å². The molecule has 3 heterocycles. The fourth-order valence-electron chi connectivity index (χ4n) is 3.70. The number of fused-ring (bicyclic) bond motifs is 3. The highest BCUT2D eigenvalue weighted by molar-refractivity contribution is 9.10. The van der Waals surface area contributed by atoms with Crippen LogP contribution in [0.3, 0.4) is 0 Å². The van der Waals surface area contributed by atoms with Gasteiger partial charge in [0.15, 0.2) is 5.58 Å². The predicted molar refractivity (Wildman–Crippen MR) is 101 cm³/mol. The number of nitrogens with zero attached hydrogens (tertiary/aromatic N) is 3. The van der Waals surface area contributed by atoms with Crippen molar-refractivity contribution in [2.24, 2.45) is 0 Å². The SMILES string of the molecule is O=C(CN1CC2(CC2)c2cc(Br)ccc2C1=O)Nc1nc2ncccc2o1. The first kappa shape index (κ1) is 16.4. The van der Waals surface area contributed by atoms with Gasteiger partial charge >= 0.3 is 6.01 Å². The molecule has 27 heavy (non-hydrogen) atoms. The molecule has 0 unspecified atom stereocenters. The van der Waals surface area contributed by atoms with Crippen LogP contribution in [0.25, 0.3) is 11.2 Å². The maximum Gasteiger partial charge on any atom is 0.304 e. The van der Waals surface area contributed by atoms with Crippen LogP contribution in [-0.4, -0.2) is 39.8 Å². The molecule has 0 radical (unpaired) electrons. The number of carbonyl (C=O) groups is 2. The molecule has 0 bridgehead atoms. The van der Waals surface area contributed by atoms with Gasteiger partial charge in [-0.15, -0.1) is 0 Å². The summed E-state index contributed by atoms with van der Waals surface area (Å²) in [5.74, 6) is -0.462. The molecule has 7 nitrogen and oxygen atoms in total. The highest BCUT2D eigenvalue weighted by atomic mass is 79.9. The number of halogens is 1. The Bertz CT molecular complexity index is 1060. The molecule has 0 saturated heterocycles. The lowest BCUT2D eigenvalue weighted by Gasteiger charge is -2.34. The van der Waals surface area contributed by atoms with Gasteiger partial charge in [0.25, 0.3) is 5.91 Å². The maximum atomic E-state index is 12.9. The van der Waals surface area contributed by atoms with Crippen LogP contribution in [0, 0.1) is 0 Å². The third-order valence-electron chi connectivity index (χ3n) is 5.16. The maximum absolute atomic E-state index is 12.9. The van der Waals surface area contributed by atoms with Gasteiger partial charge in [0, 0.05) is 28.2 Å². The van der Waals surface area contributed by atoms with Crippen LogP contribution in [0.4, 0.5) is 6.01 Å². The molecule has 0 atom stereocenters. The van der Waals surface area contributed by atoms with Crippen molar-refractivity contribution in [1.82, 2.24) is 14.9 Å². The molecule has 1 aliphatic heterocycles. The molecule has 1 spiro atoms. The highest BCUT2D eigenvalue weighted by Gasteiger charge is 2.51. The van der Waals surface area contributed by atoms with E-state index in [1.165, 1.54) is 0 Å². The number of amides is 2. The molecule has 2 amide bonds. The molecule has 1 saturated carbocycles. The van der Waals surface area contributed by atoms with Crippen molar-refractivity contribution in [1.29, 1.82) is 0 Å². The van der Waals surface area contributed by atoms with Crippen molar-refractivity contribution in [2.45, 2.75) is 18.3 Å². The summed E-state index contributed by atoms with van der Waals surface area (Å²) in [7, 11) is 0. The summed E-state index contributed by atoms with van der Waals surface area (Å²) >= 11 is 3.49. The van der Waals surface area contributed by atoms with E-state index in [9.17, 15) is 9.59 Å². The van der Waals surface area contributed by atoms with Gasteiger partial charge in [-0.05, 0) is 48.7 Å². The molecular weight excluding hydrogens is 412 g/mol. The fraction of sp³-hybridized carbons (Fsp3) is 0.263. The van der Waals surface area contributed by atoms with E-state index in [1.54, 1.807) is 23.2 Å². The highest BCUT2D eigenvalue weighted by Crippen LogP contribution is 2.52. The Morgan fingerprint density at radius 1 is 1.33 bits per heavy atom. The molecule has 2 aliphatic rings. The second-order valence-electron chi connectivity index (χ2n) is 7.02. The summed E-state index contributed by atoms with van der Waals surface area (Å²) in [6, 6.07) is 9.27. The zero-order chi connectivity index (χ0) is 18.6. The number of oxazole rings is 1. The normalized spacial score (nSPS) is 17.2. The van der Waals surface area contributed by atoms with E-state index in [0.717, 1.165) is 22.9 Å². The van der Waals surface area contributed by atoms with Crippen LogP contribution in [-0.2, 0) is 10.2 Å². The monoisotopic (exact) mass is 426 g/mol. The molecule has 136 valence electrons. The minimum absolute atomic E-state index is 0.0190. The number of benzene rings is 1. The average Bonchev–Trinajstić information content (AvgIpc) is 3.30. The molecule has 8 heteroatoms. The molecule has 1 aliphatic carbocycles. The number of aromatic nitrogens is 2. The van der Waals surface area contributed by atoms with E-state index in [1.807, 2.05) is 18.2 Å². The first-order valence-corrected chi connectivity index (χ1v) is 9.44. The molecule has 5 rings (SSSR count). The van der Waals surface area contributed by atoms with Crippen molar-refractivity contribution in [2.75, 3.05) is 18.4 Å². The smallest absolute Gasteiger partial charge is 0.304 e. The zero-order valence-corrected chi connectivity index (χ0v) is 15.8. The van der Waals surface area contributed by atoms with E-state index >= 15 is 0 Å². The summed E-state index contributed by atoms with van der Waals surface area (Å²) in [6.45, 7) is 0.514. The van der Waals surface area contributed by atoms with Gasteiger partial charge in [-0.25, -0.2) is 4.98 Å². The lowest BCUT2D eigenvalue weighted by atomic mass is 9.86. The number of anilines is 1. The largest absolute Gasteiger partial charge is 0.421 e. The van der Waals surface area contributed by atoms with Gasteiger partial charge < -0.3 is 9.32 Å². The van der Waals surface area contributed by atoms with Crippen LogP contribution in [0.1, 0.15) is 28.8 Å². The third kappa shape index (κ3) is 2.80. The van der Waals surface area contributed by atoms with E-state index in [0.29, 0.717) is 23.3 Å². The van der Waals surface area contributed by atoms with Gasteiger partial charge in [-0.3, -0.25) is 14.9 Å². The van der Waals surface area contributed by atoms with Gasteiger partial charge in [-0.1, -0.05) is 15.9 Å². The summed E-state index contributed by atoms with van der Waals surface area (Å²) in [5.41, 5.74) is 2.68. The number of nitrogens with one attached hydrogen (secondary N) is 1. The molecule has 1 N–H and O–H groups in total.